The summed E-state index contributed by atoms with van der Waals surface area (Å²) in [5.41, 5.74) is 1.93. The summed E-state index contributed by atoms with van der Waals surface area (Å²) in [4.78, 5) is 27.4. The first-order valence-corrected chi connectivity index (χ1v) is 12.2. The largest absolute Gasteiger partial charge is 0.465 e. The average Bonchev–Trinajstić information content (AvgIpc) is 3.19. The van der Waals surface area contributed by atoms with Crippen LogP contribution in [-0.4, -0.2) is 54.3 Å². The number of hydrogen-bond donors (Lipinski definition) is 0. The first-order valence-electron chi connectivity index (χ1n) is 12.2. The summed E-state index contributed by atoms with van der Waals surface area (Å²) in [7, 11) is 1.24. The number of ether oxygens (including phenoxy) is 2. The Labute approximate surface area is 218 Å². The van der Waals surface area contributed by atoms with Gasteiger partial charge in [-0.2, -0.15) is 13.2 Å². The van der Waals surface area contributed by atoms with E-state index in [0.29, 0.717) is 22.6 Å². The topological polar surface area (TPSA) is 81.9 Å². The number of benzene rings is 2. The molecular weight excluding hydrogens is 501 g/mol. The zero-order valence-electron chi connectivity index (χ0n) is 21.8. The number of esters is 1. The standard InChI is InChI=1S/C28H29F3N2O5/c1-15-13-33(14-16(2)37-15)26(34)22-9-19(10-23(11-22)28(29,30)31)8-20-6-7-21(12-24(20)27(35)36-5)25-17(3)32-38-18(25)4/h6-7,9-12,15-16H,8,13-14H2,1-5H3/t15-,16+. The molecule has 1 aromatic heterocycles. The minimum atomic E-state index is -4.66. The Morgan fingerprint density at radius 1 is 1.08 bits per heavy atom. The monoisotopic (exact) mass is 530 g/mol. The molecule has 202 valence electrons. The normalized spacial score (nSPS) is 17.9. The molecule has 7 nitrogen and oxygen atoms in total. The maximum atomic E-state index is 13.8. The van der Waals surface area contributed by atoms with E-state index in [0.717, 1.165) is 17.7 Å². The van der Waals surface area contributed by atoms with Crippen molar-refractivity contribution < 1.29 is 36.8 Å². The number of alkyl halides is 3. The van der Waals surface area contributed by atoms with Crippen LogP contribution in [0, 0.1) is 13.8 Å². The van der Waals surface area contributed by atoms with E-state index in [-0.39, 0.29) is 48.4 Å². The average molecular weight is 531 g/mol. The van der Waals surface area contributed by atoms with Crippen molar-refractivity contribution in [3.63, 3.8) is 0 Å². The summed E-state index contributed by atoms with van der Waals surface area (Å²) in [6.07, 6.45) is -5.14. The summed E-state index contributed by atoms with van der Waals surface area (Å²) in [5.74, 6) is -0.562. The number of rotatable bonds is 5. The summed E-state index contributed by atoms with van der Waals surface area (Å²) in [5, 5.41) is 3.94. The van der Waals surface area contributed by atoms with Gasteiger partial charge in [-0.3, -0.25) is 4.79 Å². The van der Waals surface area contributed by atoms with Crippen LogP contribution in [-0.2, 0) is 22.1 Å². The second-order valence-corrected chi connectivity index (χ2v) is 9.62. The molecule has 1 saturated heterocycles. The van der Waals surface area contributed by atoms with Crippen LogP contribution in [0.15, 0.2) is 40.9 Å². The Morgan fingerprint density at radius 3 is 2.34 bits per heavy atom. The highest BCUT2D eigenvalue weighted by Gasteiger charge is 2.33. The Morgan fingerprint density at radius 2 is 1.76 bits per heavy atom. The van der Waals surface area contributed by atoms with Gasteiger partial charge < -0.3 is 18.9 Å². The Bertz CT molecular complexity index is 1340. The van der Waals surface area contributed by atoms with Gasteiger partial charge in [-0.1, -0.05) is 17.3 Å². The zero-order chi connectivity index (χ0) is 27.8. The van der Waals surface area contributed by atoms with Crippen molar-refractivity contribution in [1.82, 2.24) is 10.1 Å². The first kappa shape index (κ1) is 27.4. The van der Waals surface area contributed by atoms with Crippen molar-refractivity contribution in [1.29, 1.82) is 0 Å². The third-order valence-corrected chi connectivity index (χ3v) is 6.51. The molecule has 1 fully saturated rings. The number of carbonyl (C=O) groups is 2. The van der Waals surface area contributed by atoms with E-state index < -0.39 is 23.6 Å². The quantitative estimate of drug-likeness (QED) is 0.399. The molecule has 0 bridgehead atoms. The molecule has 38 heavy (non-hydrogen) atoms. The van der Waals surface area contributed by atoms with Crippen LogP contribution in [0.3, 0.4) is 0 Å². The summed E-state index contributed by atoms with van der Waals surface area (Å²) in [6, 6.07) is 8.36. The Hall–Kier alpha value is -3.66. The number of carbonyl (C=O) groups excluding carboxylic acids is 2. The number of halogens is 3. The van der Waals surface area contributed by atoms with Crippen LogP contribution < -0.4 is 0 Å². The molecule has 4 rings (SSSR count). The van der Waals surface area contributed by atoms with E-state index in [2.05, 4.69) is 5.16 Å². The van der Waals surface area contributed by atoms with Crippen LogP contribution >= 0.6 is 0 Å². The number of hydrogen-bond acceptors (Lipinski definition) is 6. The summed E-state index contributed by atoms with van der Waals surface area (Å²) in [6.45, 7) is 7.71. The third kappa shape index (κ3) is 5.75. The van der Waals surface area contributed by atoms with Crippen LogP contribution in [0.5, 0.6) is 0 Å². The lowest BCUT2D eigenvalue weighted by Crippen LogP contribution is -2.48. The van der Waals surface area contributed by atoms with E-state index in [9.17, 15) is 22.8 Å². The Kier molecular flexibility index (Phi) is 7.64. The van der Waals surface area contributed by atoms with Gasteiger partial charge in [0, 0.05) is 24.2 Å². The molecule has 1 aliphatic heterocycles. The molecule has 2 aromatic carbocycles. The van der Waals surface area contributed by atoms with Gasteiger partial charge in [0.15, 0.2) is 0 Å². The molecule has 0 unspecified atom stereocenters. The van der Waals surface area contributed by atoms with Crippen molar-refractivity contribution in [2.45, 2.75) is 52.5 Å². The SMILES string of the molecule is COC(=O)c1cc(-c2c(C)noc2C)ccc1Cc1cc(C(=O)N2C[C@@H](C)O[C@@H](C)C2)cc(C(F)(F)F)c1. The van der Waals surface area contributed by atoms with Crippen molar-refractivity contribution in [2.75, 3.05) is 20.2 Å². The van der Waals surface area contributed by atoms with E-state index >= 15 is 0 Å². The van der Waals surface area contributed by atoms with Crippen molar-refractivity contribution >= 4 is 11.9 Å². The van der Waals surface area contributed by atoms with Crippen LogP contribution in [0.1, 0.15) is 62.7 Å². The van der Waals surface area contributed by atoms with Gasteiger partial charge >= 0.3 is 12.1 Å². The van der Waals surface area contributed by atoms with Gasteiger partial charge in [0.1, 0.15) is 5.76 Å². The maximum Gasteiger partial charge on any atom is 0.416 e. The van der Waals surface area contributed by atoms with Gasteiger partial charge in [0.25, 0.3) is 5.91 Å². The minimum Gasteiger partial charge on any atom is -0.465 e. The first-order chi connectivity index (χ1) is 17.9. The minimum absolute atomic E-state index is 0.0214. The van der Waals surface area contributed by atoms with Gasteiger partial charge in [-0.25, -0.2) is 4.79 Å². The fraction of sp³-hybridized carbons (Fsp3) is 0.393. The van der Waals surface area contributed by atoms with Crippen molar-refractivity contribution in [3.05, 3.63) is 75.7 Å². The highest BCUT2D eigenvalue weighted by molar-refractivity contribution is 5.95. The predicted molar refractivity (Wildman–Crippen MR) is 133 cm³/mol. The smallest absolute Gasteiger partial charge is 0.416 e. The van der Waals surface area contributed by atoms with Gasteiger partial charge in [-0.15, -0.1) is 0 Å². The van der Waals surface area contributed by atoms with Gasteiger partial charge in [-0.05, 0) is 75.1 Å². The lowest BCUT2D eigenvalue weighted by molar-refractivity contribution is -0.137. The second-order valence-electron chi connectivity index (χ2n) is 9.62. The second kappa shape index (κ2) is 10.6. The molecular formula is C28H29F3N2O5. The molecule has 0 radical (unpaired) electrons. The van der Waals surface area contributed by atoms with Gasteiger partial charge in [0.2, 0.25) is 0 Å². The van der Waals surface area contributed by atoms with Crippen LogP contribution in [0.25, 0.3) is 11.1 Å². The number of amides is 1. The van der Waals surface area contributed by atoms with Crippen molar-refractivity contribution in [2.24, 2.45) is 0 Å². The molecule has 0 spiro atoms. The third-order valence-electron chi connectivity index (χ3n) is 6.51. The number of methoxy groups -OCH3 is 1. The highest BCUT2D eigenvalue weighted by Crippen LogP contribution is 2.33. The molecule has 0 N–H and O–H groups in total. The molecule has 10 heteroatoms. The maximum absolute atomic E-state index is 13.8. The molecule has 0 aliphatic carbocycles. The number of aromatic nitrogens is 1. The van der Waals surface area contributed by atoms with Crippen LogP contribution in [0.2, 0.25) is 0 Å². The Balaban J connectivity index is 1.74. The lowest BCUT2D eigenvalue weighted by atomic mass is 9.93. The molecule has 1 amide bonds. The molecule has 2 heterocycles. The molecule has 1 aliphatic rings. The summed E-state index contributed by atoms with van der Waals surface area (Å²) >= 11 is 0. The number of aryl methyl sites for hydroxylation is 2. The van der Waals surface area contributed by atoms with Crippen LogP contribution in [0.4, 0.5) is 13.2 Å². The van der Waals surface area contributed by atoms with Crippen molar-refractivity contribution in [3.8, 4) is 11.1 Å². The molecule has 3 aromatic rings. The lowest BCUT2D eigenvalue weighted by Gasteiger charge is -2.35. The fourth-order valence-corrected chi connectivity index (χ4v) is 4.91. The van der Waals surface area contributed by atoms with Gasteiger partial charge in [0.05, 0.1) is 36.1 Å². The molecule has 2 atom stereocenters. The van der Waals surface area contributed by atoms with E-state index in [1.165, 1.54) is 18.1 Å². The van der Waals surface area contributed by atoms with E-state index in [1.807, 2.05) is 13.8 Å². The fourth-order valence-electron chi connectivity index (χ4n) is 4.91. The number of nitrogens with zero attached hydrogens (tertiary/aromatic N) is 2. The summed E-state index contributed by atoms with van der Waals surface area (Å²) < 4.78 is 57.3. The number of morpholine rings is 1. The zero-order valence-corrected chi connectivity index (χ0v) is 21.8. The van der Waals surface area contributed by atoms with E-state index in [4.69, 9.17) is 14.0 Å². The highest BCUT2D eigenvalue weighted by atomic mass is 19.4. The predicted octanol–water partition coefficient (Wildman–Crippen LogP) is 5.60. The molecule has 0 saturated carbocycles. The van der Waals surface area contributed by atoms with E-state index in [1.54, 1.807) is 32.0 Å².